The van der Waals surface area contributed by atoms with Gasteiger partial charge >= 0.3 is 5.91 Å². The number of nitrogens with zero attached hydrogens (tertiary/aromatic N) is 4. The third kappa shape index (κ3) is 2.73. The van der Waals surface area contributed by atoms with Gasteiger partial charge in [0.05, 0.1) is 25.4 Å². The molecule has 7 nitrogen and oxygen atoms in total. The maximum Gasteiger partial charge on any atom is 0.308 e. The number of hydrogen-bond acceptors (Lipinski definition) is 6. The number of non-ortho nitro benzene ring substituents is 1. The number of carbonyl (C=O) groups excluding carboxylic acids is 1. The summed E-state index contributed by atoms with van der Waals surface area (Å²) in [7, 11) is 1.73. The number of aryl methyl sites for hydroxylation is 1. The van der Waals surface area contributed by atoms with E-state index in [4.69, 9.17) is 0 Å². The van der Waals surface area contributed by atoms with Gasteiger partial charge in [-0.15, -0.1) is 11.3 Å². The standard InChI is InChI=1S/C16H10N4O3S2/c1-19-11-8-9(20(22)23)6-7-13(11)25-16(19)18-14(21)15-17-10-4-2-3-5-12(10)24-15/h2-8H,1H3. The summed E-state index contributed by atoms with van der Waals surface area (Å²) < 4.78 is 3.43. The SMILES string of the molecule is Cn1c(=NC(=O)c2nc3ccccc3s2)sc2ccc([N+](=O)[O-])cc21. The molecular formula is C16H10N4O3S2. The van der Waals surface area contributed by atoms with Crippen molar-refractivity contribution in [2.75, 3.05) is 0 Å². The van der Waals surface area contributed by atoms with Crippen molar-refractivity contribution in [2.45, 2.75) is 0 Å². The fraction of sp³-hybridized carbons (Fsp3) is 0.0625. The molecule has 0 aliphatic rings. The van der Waals surface area contributed by atoms with E-state index in [-0.39, 0.29) is 5.69 Å². The van der Waals surface area contributed by atoms with E-state index in [0.29, 0.717) is 15.3 Å². The van der Waals surface area contributed by atoms with Crippen LogP contribution in [0.2, 0.25) is 0 Å². The maximum atomic E-state index is 12.5. The van der Waals surface area contributed by atoms with Crippen molar-refractivity contribution in [3.63, 3.8) is 0 Å². The average Bonchev–Trinajstić information content (AvgIpc) is 3.16. The first-order valence-corrected chi connectivity index (χ1v) is 8.85. The Hall–Kier alpha value is -2.91. The Morgan fingerprint density at radius 2 is 2.00 bits per heavy atom. The van der Waals surface area contributed by atoms with Crippen LogP contribution < -0.4 is 4.80 Å². The normalized spacial score (nSPS) is 12.1. The molecule has 0 aliphatic carbocycles. The fourth-order valence-corrected chi connectivity index (χ4v) is 4.28. The highest BCUT2D eigenvalue weighted by Gasteiger charge is 2.14. The second-order valence-corrected chi connectivity index (χ2v) is 7.30. The van der Waals surface area contributed by atoms with E-state index < -0.39 is 10.8 Å². The number of benzene rings is 2. The molecule has 1 amide bonds. The molecule has 0 N–H and O–H groups in total. The summed E-state index contributed by atoms with van der Waals surface area (Å²) in [5.74, 6) is -0.419. The van der Waals surface area contributed by atoms with E-state index in [9.17, 15) is 14.9 Å². The fourth-order valence-electron chi connectivity index (χ4n) is 2.43. The molecule has 2 aromatic carbocycles. The van der Waals surface area contributed by atoms with Crippen LogP contribution in [-0.2, 0) is 7.05 Å². The van der Waals surface area contributed by atoms with Gasteiger partial charge in [0.1, 0.15) is 0 Å². The van der Waals surface area contributed by atoms with Crippen LogP contribution in [0.25, 0.3) is 20.4 Å². The number of hydrogen-bond donors (Lipinski definition) is 0. The maximum absolute atomic E-state index is 12.5. The van der Waals surface area contributed by atoms with E-state index in [2.05, 4.69) is 9.98 Å². The molecule has 2 aromatic heterocycles. The molecule has 0 unspecified atom stereocenters. The predicted molar refractivity (Wildman–Crippen MR) is 97.0 cm³/mol. The van der Waals surface area contributed by atoms with Crippen LogP contribution in [0.15, 0.2) is 47.5 Å². The number of fused-ring (bicyclic) bond motifs is 2. The Morgan fingerprint density at radius 1 is 1.20 bits per heavy atom. The lowest BCUT2D eigenvalue weighted by Gasteiger charge is -1.95. The minimum atomic E-state index is -0.444. The Kier molecular flexibility index (Phi) is 3.66. The lowest BCUT2D eigenvalue weighted by molar-refractivity contribution is -0.384. The highest BCUT2D eigenvalue weighted by atomic mass is 32.1. The molecule has 0 spiro atoms. The Morgan fingerprint density at radius 3 is 2.76 bits per heavy atom. The summed E-state index contributed by atoms with van der Waals surface area (Å²) in [6.45, 7) is 0. The van der Waals surface area contributed by atoms with Crippen molar-refractivity contribution < 1.29 is 9.72 Å². The number of para-hydroxylation sites is 1. The lowest BCUT2D eigenvalue weighted by atomic mass is 10.3. The third-order valence-corrected chi connectivity index (χ3v) is 5.81. The number of carbonyl (C=O) groups is 1. The van der Waals surface area contributed by atoms with Gasteiger partial charge in [0.15, 0.2) is 9.81 Å². The molecule has 0 saturated carbocycles. The number of rotatable bonds is 2. The molecule has 4 rings (SSSR count). The van der Waals surface area contributed by atoms with Crippen LogP contribution in [-0.4, -0.2) is 20.4 Å². The number of nitro groups is 1. The molecule has 9 heteroatoms. The van der Waals surface area contributed by atoms with Crippen molar-refractivity contribution in [3.8, 4) is 0 Å². The van der Waals surface area contributed by atoms with Crippen LogP contribution in [0, 0.1) is 10.1 Å². The molecular weight excluding hydrogens is 360 g/mol. The monoisotopic (exact) mass is 370 g/mol. The average molecular weight is 370 g/mol. The van der Waals surface area contributed by atoms with E-state index >= 15 is 0 Å². The summed E-state index contributed by atoms with van der Waals surface area (Å²) in [6.07, 6.45) is 0. The van der Waals surface area contributed by atoms with E-state index in [1.54, 1.807) is 17.7 Å². The van der Waals surface area contributed by atoms with Gasteiger partial charge in [0.25, 0.3) is 5.69 Å². The lowest BCUT2D eigenvalue weighted by Crippen LogP contribution is -2.13. The quantitative estimate of drug-likeness (QED) is 0.399. The molecule has 124 valence electrons. The molecule has 0 bridgehead atoms. The van der Waals surface area contributed by atoms with Crippen LogP contribution >= 0.6 is 22.7 Å². The minimum Gasteiger partial charge on any atom is -0.319 e. The number of aromatic nitrogens is 2. The van der Waals surface area contributed by atoms with Crippen molar-refractivity contribution in [1.82, 2.24) is 9.55 Å². The van der Waals surface area contributed by atoms with Crippen molar-refractivity contribution >= 4 is 54.7 Å². The second kappa shape index (κ2) is 5.87. The first kappa shape index (κ1) is 15.6. The topological polar surface area (TPSA) is 90.4 Å². The third-order valence-electron chi connectivity index (χ3n) is 3.68. The highest BCUT2D eigenvalue weighted by Crippen LogP contribution is 2.24. The van der Waals surface area contributed by atoms with Gasteiger partial charge in [-0.05, 0) is 18.2 Å². The van der Waals surface area contributed by atoms with Gasteiger partial charge in [0.2, 0.25) is 0 Å². The number of thiazole rings is 2. The molecule has 0 saturated heterocycles. The summed E-state index contributed by atoms with van der Waals surface area (Å²) in [4.78, 5) is 31.9. The van der Waals surface area contributed by atoms with E-state index in [1.807, 2.05) is 24.3 Å². The zero-order valence-corrected chi connectivity index (χ0v) is 14.5. The van der Waals surface area contributed by atoms with Crippen LogP contribution in [0.1, 0.15) is 9.80 Å². The Balaban J connectivity index is 1.81. The van der Waals surface area contributed by atoms with E-state index in [0.717, 1.165) is 14.9 Å². The Labute approximate surface area is 148 Å². The molecule has 25 heavy (non-hydrogen) atoms. The van der Waals surface area contributed by atoms with Crippen LogP contribution in [0.3, 0.4) is 0 Å². The highest BCUT2D eigenvalue weighted by molar-refractivity contribution is 7.20. The van der Waals surface area contributed by atoms with Crippen molar-refractivity contribution in [3.05, 3.63) is 62.4 Å². The van der Waals surface area contributed by atoms with Gasteiger partial charge in [-0.25, -0.2) is 4.98 Å². The van der Waals surface area contributed by atoms with Gasteiger partial charge in [-0.1, -0.05) is 23.5 Å². The smallest absolute Gasteiger partial charge is 0.308 e. The van der Waals surface area contributed by atoms with Gasteiger partial charge < -0.3 is 4.57 Å². The zero-order valence-electron chi connectivity index (χ0n) is 12.9. The van der Waals surface area contributed by atoms with Gasteiger partial charge in [0, 0.05) is 19.2 Å². The zero-order chi connectivity index (χ0) is 17.6. The second-order valence-electron chi connectivity index (χ2n) is 5.26. The first-order valence-electron chi connectivity index (χ1n) is 7.21. The summed E-state index contributed by atoms with van der Waals surface area (Å²) >= 11 is 2.60. The molecule has 2 heterocycles. The number of nitro benzene ring substituents is 1. The summed E-state index contributed by atoms with van der Waals surface area (Å²) in [5.41, 5.74) is 1.43. The molecule has 0 radical (unpaired) electrons. The van der Waals surface area contributed by atoms with Crippen molar-refractivity contribution in [2.24, 2.45) is 12.0 Å². The van der Waals surface area contributed by atoms with Crippen LogP contribution in [0.5, 0.6) is 0 Å². The minimum absolute atomic E-state index is 0.00458. The number of amides is 1. The summed E-state index contributed by atoms with van der Waals surface area (Å²) in [5, 5.41) is 11.2. The van der Waals surface area contributed by atoms with Gasteiger partial charge in [-0.3, -0.25) is 14.9 Å². The van der Waals surface area contributed by atoms with E-state index in [1.165, 1.54) is 34.8 Å². The molecule has 0 fully saturated rings. The molecule has 4 aromatic rings. The van der Waals surface area contributed by atoms with Crippen molar-refractivity contribution in [1.29, 1.82) is 0 Å². The Bertz CT molecular complexity index is 1190. The predicted octanol–water partition coefficient (Wildman–Crippen LogP) is 3.50. The first-order chi connectivity index (χ1) is 12.0. The molecule has 0 atom stereocenters. The molecule has 0 aliphatic heterocycles. The van der Waals surface area contributed by atoms with Crippen LogP contribution in [0.4, 0.5) is 5.69 Å². The van der Waals surface area contributed by atoms with Gasteiger partial charge in [-0.2, -0.15) is 4.99 Å². The summed E-state index contributed by atoms with van der Waals surface area (Å²) in [6, 6.07) is 12.1. The largest absolute Gasteiger partial charge is 0.319 e.